The average molecular weight is 556 g/mol. The van der Waals surface area contributed by atoms with Gasteiger partial charge in [0.1, 0.15) is 6.04 Å². The highest BCUT2D eigenvalue weighted by molar-refractivity contribution is 5.77. The molecule has 0 saturated carbocycles. The molecule has 0 spiro atoms. The van der Waals surface area contributed by atoms with Crippen LogP contribution in [0.25, 0.3) is 0 Å². The first-order valence-electron chi connectivity index (χ1n) is 13.0. The number of carboxylic acid groups (broad SMARTS) is 1. The number of rotatable bonds is 12. The molecule has 1 saturated heterocycles. The maximum atomic E-state index is 12.1. The molecule has 3 heterocycles. The predicted octanol–water partition coefficient (Wildman–Crippen LogP) is 1.13. The zero-order chi connectivity index (χ0) is 28.4. The summed E-state index contributed by atoms with van der Waals surface area (Å²) in [4.78, 5) is 27.8. The smallest absolute Gasteiger partial charge is 0.326 e. The van der Waals surface area contributed by atoms with Crippen LogP contribution in [0.5, 0.6) is 0 Å². The molecule has 1 unspecified atom stereocenters. The number of benzene rings is 2. The summed E-state index contributed by atoms with van der Waals surface area (Å²) in [6.07, 6.45) is 0.148. The molecule has 1 fully saturated rings. The number of tetrazole rings is 1. The van der Waals surface area contributed by atoms with Gasteiger partial charge in [0.05, 0.1) is 18.2 Å². The Balaban J connectivity index is 1.35. The lowest BCUT2D eigenvalue weighted by Gasteiger charge is -2.27. The van der Waals surface area contributed by atoms with E-state index in [0.29, 0.717) is 11.4 Å². The summed E-state index contributed by atoms with van der Waals surface area (Å²) >= 11 is 0. The average Bonchev–Trinajstić information content (AvgIpc) is 3.51. The first-order chi connectivity index (χ1) is 20.0. The van der Waals surface area contributed by atoms with Crippen LogP contribution in [-0.4, -0.2) is 83.8 Å². The van der Waals surface area contributed by atoms with Crippen molar-refractivity contribution in [2.45, 2.75) is 25.6 Å². The van der Waals surface area contributed by atoms with Gasteiger partial charge in [-0.25, -0.2) is 4.79 Å². The zero-order valence-corrected chi connectivity index (χ0v) is 22.1. The quantitative estimate of drug-likeness (QED) is 0.145. The Kier molecular flexibility index (Phi) is 8.84. The summed E-state index contributed by atoms with van der Waals surface area (Å²) in [6, 6.07) is 15.8. The Bertz CT molecular complexity index is 1480. The van der Waals surface area contributed by atoms with Gasteiger partial charge >= 0.3 is 5.97 Å². The van der Waals surface area contributed by atoms with Crippen molar-refractivity contribution in [1.29, 1.82) is 5.26 Å². The van der Waals surface area contributed by atoms with Crippen LogP contribution in [0.3, 0.4) is 0 Å². The van der Waals surface area contributed by atoms with E-state index in [1.807, 2.05) is 18.2 Å². The fraction of sp³-hybridized carbons (Fsp3) is 0.308. The van der Waals surface area contributed by atoms with E-state index in [1.165, 1.54) is 0 Å². The number of carbonyl (C=O) groups is 1. The van der Waals surface area contributed by atoms with Crippen molar-refractivity contribution in [3.8, 4) is 6.07 Å². The molecule has 41 heavy (non-hydrogen) atoms. The van der Waals surface area contributed by atoms with Gasteiger partial charge in [0, 0.05) is 44.8 Å². The van der Waals surface area contributed by atoms with Crippen LogP contribution in [0.4, 0.5) is 23.5 Å². The molecule has 15 heteroatoms. The third-order valence-corrected chi connectivity index (χ3v) is 6.35. The number of hydrogen-bond donors (Lipinski definition) is 6. The number of hydrogen-bond acceptors (Lipinski definition) is 13. The van der Waals surface area contributed by atoms with Crippen molar-refractivity contribution in [3.63, 3.8) is 0 Å². The third kappa shape index (κ3) is 7.91. The van der Waals surface area contributed by atoms with Gasteiger partial charge in [0.2, 0.25) is 17.8 Å². The highest BCUT2D eigenvalue weighted by atomic mass is 16.4. The summed E-state index contributed by atoms with van der Waals surface area (Å²) in [7, 11) is 0. The maximum Gasteiger partial charge on any atom is 0.326 e. The molecule has 6 N–H and O–H groups in total. The standard InChI is InChI=1S/C26H29N13O2/c27-14-18-6-4-17(5-7-18)13-21(23(40)41)31-26-33-24(29-15-22-35-37-38-36-22)32-25(34-26)30-20-3-1-2-19(12-20)16-39-10-8-28-9-11-39/h1-7,12,21,28H,8-11,13,15-16H2,(H,40,41)(H,35,36,37,38)(H3,29,30,31,32,33,34). The first kappa shape index (κ1) is 27.4. The molecule has 4 aromatic rings. The fourth-order valence-electron chi connectivity index (χ4n) is 4.30. The highest BCUT2D eigenvalue weighted by Gasteiger charge is 2.20. The summed E-state index contributed by atoms with van der Waals surface area (Å²) in [5.74, 6) is -0.198. The minimum Gasteiger partial charge on any atom is -0.480 e. The van der Waals surface area contributed by atoms with Crippen LogP contribution in [0.2, 0.25) is 0 Å². The van der Waals surface area contributed by atoms with Gasteiger partial charge in [-0.05, 0) is 35.4 Å². The van der Waals surface area contributed by atoms with E-state index in [0.717, 1.165) is 49.5 Å². The van der Waals surface area contributed by atoms with E-state index < -0.39 is 12.0 Å². The van der Waals surface area contributed by atoms with E-state index in [-0.39, 0.29) is 30.8 Å². The summed E-state index contributed by atoms with van der Waals surface area (Å²) in [5.41, 5.74) is 3.17. The van der Waals surface area contributed by atoms with Crippen LogP contribution in [-0.2, 0) is 24.3 Å². The molecule has 0 bridgehead atoms. The fourth-order valence-corrected chi connectivity index (χ4v) is 4.30. The van der Waals surface area contributed by atoms with Gasteiger partial charge in [-0.1, -0.05) is 29.5 Å². The molecule has 15 nitrogen and oxygen atoms in total. The lowest BCUT2D eigenvalue weighted by atomic mass is 10.0. The molecule has 0 radical (unpaired) electrons. The van der Waals surface area contributed by atoms with Crippen LogP contribution in [0, 0.1) is 11.3 Å². The number of piperazine rings is 1. The number of nitrogens with one attached hydrogen (secondary N) is 5. The van der Waals surface area contributed by atoms with Crippen molar-refractivity contribution >= 4 is 29.5 Å². The molecule has 1 aliphatic heterocycles. The molecule has 210 valence electrons. The Morgan fingerprint density at radius 3 is 2.56 bits per heavy atom. The monoisotopic (exact) mass is 555 g/mol. The van der Waals surface area contributed by atoms with Crippen LogP contribution in [0.15, 0.2) is 48.5 Å². The molecule has 2 aromatic heterocycles. The van der Waals surface area contributed by atoms with Crippen LogP contribution >= 0.6 is 0 Å². The zero-order valence-electron chi connectivity index (χ0n) is 22.1. The molecule has 5 rings (SSSR count). The van der Waals surface area contributed by atoms with Crippen LogP contribution < -0.4 is 21.3 Å². The number of aliphatic carboxylic acids is 1. The number of nitrogens with zero attached hydrogens (tertiary/aromatic N) is 8. The number of anilines is 4. The number of H-pyrrole nitrogens is 1. The summed E-state index contributed by atoms with van der Waals surface area (Å²) in [6.45, 7) is 4.94. The molecule has 0 aliphatic carbocycles. The van der Waals surface area contributed by atoms with Crippen molar-refractivity contribution < 1.29 is 9.90 Å². The second kappa shape index (κ2) is 13.2. The number of aromatic amines is 1. The normalized spacial score (nSPS) is 14.1. The molecular weight excluding hydrogens is 526 g/mol. The third-order valence-electron chi connectivity index (χ3n) is 6.35. The minimum absolute atomic E-state index is 0.0659. The first-order valence-corrected chi connectivity index (χ1v) is 13.0. The molecule has 1 aliphatic rings. The van der Waals surface area contributed by atoms with Crippen molar-refractivity contribution in [1.82, 2.24) is 45.8 Å². The van der Waals surface area contributed by atoms with Gasteiger partial charge in [-0.3, -0.25) is 4.90 Å². The van der Waals surface area contributed by atoms with Gasteiger partial charge < -0.3 is 26.4 Å². The number of nitriles is 1. The van der Waals surface area contributed by atoms with Crippen molar-refractivity contribution in [2.75, 3.05) is 42.1 Å². The van der Waals surface area contributed by atoms with E-state index in [2.05, 4.69) is 73.9 Å². The van der Waals surface area contributed by atoms with Gasteiger partial charge in [-0.2, -0.15) is 25.4 Å². The van der Waals surface area contributed by atoms with E-state index in [9.17, 15) is 9.90 Å². The van der Waals surface area contributed by atoms with Crippen LogP contribution in [0.1, 0.15) is 22.5 Å². The molecule has 1 atom stereocenters. The molecule has 0 amide bonds. The molecule has 2 aromatic carbocycles. The van der Waals surface area contributed by atoms with E-state index in [1.54, 1.807) is 24.3 Å². The van der Waals surface area contributed by atoms with E-state index >= 15 is 0 Å². The maximum absolute atomic E-state index is 12.1. The topological polar surface area (TPSA) is 206 Å². The summed E-state index contributed by atoms with van der Waals surface area (Å²) in [5, 5.41) is 45.2. The van der Waals surface area contributed by atoms with Crippen molar-refractivity contribution in [2.24, 2.45) is 0 Å². The summed E-state index contributed by atoms with van der Waals surface area (Å²) < 4.78 is 0. The van der Waals surface area contributed by atoms with Gasteiger partial charge in [-0.15, -0.1) is 10.2 Å². The predicted molar refractivity (Wildman–Crippen MR) is 149 cm³/mol. The number of aromatic nitrogens is 7. The minimum atomic E-state index is -1.08. The largest absolute Gasteiger partial charge is 0.480 e. The Morgan fingerprint density at radius 2 is 1.83 bits per heavy atom. The number of carboxylic acids is 1. The highest BCUT2D eigenvalue weighted by Crippen LogP contribution is 2.19. The van der Waals surface area contributed by atoms with Gasteiger partial charge in [0.15, 0.2) is 5.82 Å². The Hall–Kier alpha value is -5.20. The van der Waals surface area contributed by atoms with E-state index in [4.69, 9.17) is 5.26 Å². The second-order valence-corrected chi connectivity index (χ2v) is 9.39. The molecular formula is C26H29N13O2. The SMILES string of the molecule is N#Cc1ccc(CC(Nc2nc(NCc3nn[nH]n3)nc(Nc3cccc(CN4CCNCC4)c3)n2)C(=O)O)cc1. The van der Waals surface area contributed by atoms with Gasteiger partial charge in [0.25, 0.3) is 0 Å². The second-order valence-electron chi connectivity index (χ2n) is 9.39. The Labute approximate surface area is 235 Å². The Morgan fingerprint density at radius 1 is 1.05 bits per heavy atom. The lowest BCUT2D eigenvalue weighted by molar-refractivity contribution is -0.137. The lowest BCUT2D eigenvalue weighted by Crippen LogP contribution is -2.42. The van der Waals surface area contributed by atoms with Crippen molar-refractivity contribution in [3.05, 3.63) is 71.0 Å².